The molecule has 20 heavy (non-hydrogen) atoms. The van der Waals surface area contributed by atoms with E-state index in [0.29, 0.717) is 28.8 Å². The first-order valence-corrected chi connectivity index (χ1v) is 7.94. The normalized spacial score (nSPS) is 17.9. The Morgan fingerprint density at radius 2 is 2.15 bits per heavy atom. The first-order chi connectivity index (χ1) is 9.38. The van der Waals surface area contributed by atoms with E-state index in [1.54, 1.807) is 0 Å². The molecule has 1 unspecified atom stereocenters. The number of nitrogens with one attached hydrogen (secondary N) is 1. The third-order valence-electron chi connectivity index (χ3n) is 3.60. The molecule has 0 spiro atoms. The molecule has 0 aromatic carbocycles. The molecule has 0 fully saturated rings. The van der Waals surface area contributed by atoms with Crippen molar-refractivity contribution in [1.82, 2.24) is 0 Å². The summed E-state index contributed by atoms with van der Waals surface area (Å²) in [5.74, 6) is 0.439. The van der Waals surface area contributed by atoms with Crippen LogP contribution in [0, 0.1) is 11.8 Å². The van der Waals surface area contributed by atoms with Gasteiger partial charge < -0.3 is 11.1 Å². The second-order valence-electron chi connectivity index (χ2n) is 6.07. The fourth-order valence-corrected chi connectivity index (χ4v) is 4.08. The van der Waals surface area contributed by atoms with Crippen LogP contribution in [0.4, 0.5) is 5.00 Å². The lowest BCUT2D eigenvalue weighted by Gasteiger charge is -2.18. The van der Waals surface area contributed by atoms with Crippen molar-refractivity contribution >= 4 is 28.2 Å². The van der Waals surface area contributed by atoms with Crippen molar-refractivity contribution in [1.29, 1.82) is 0 Å². The Hall–Kier alpha value is -1.36. The molecule has 2 rings (SSSR count). The van der Waals surface area contributed by atoms with E-state index in [-0.39, 0.29) is 5.91 Å². The average Bonchev–Trinajstić information content (AvgIpc) is 2.64. The minimum atomic E-state index is -0.433. The number of amides is 2. The van der Waals surface area contributed by atoms with Crippen LogP contribution in [-0.2, 0) is 17.6 Å². The predicted octanol–water partition coefficient (Wildman–Crippen LogP) is 2.96. The number of fused-ring (bicyclic) bond motifs is 1. The highest BCUT2D eigenvalue weighted by molar-refractivity contribution is 7.17. The largest absolute Gasteiger partial charge is 0.365 e. The van der Waals surface area contributed by atoms with E-state index in [2.05, 4.69) is 12.2 Å². The van der Waals surface area contributed by atoms with Gasteiger partial charge in [-0.25, -0.2) is 0 Å². The van der Waals surface area contributed by atoms with Crippen LogP contribution in [0.1, 0.15) is 54.4 Å². The molecule has 0 radical (unpaired) electrons. The zero-order chi connectivity index (χ0) is 14.9. The molecular weight excluding hydrogens is 272 g/mol. The van der Waals surface area contributed by atoms with Gasteiger partial charge in [0.15, 0.2) is 0 Å². The molecular formula is C15H22N2O2S. The molecule has 1 aliphatic rings. The monoisotopic (exact) mass is 294 g/mol. The first-order valence-electron chi connectivity index (χ1n) is 7.12. The molecule has 1 aliphatic carbocycles. The first kappa shape index (κ1) is 15.0. The number of rotatable bonds is 4. The zero-order valence-electron chi connectivity index (χ0n) is 12.3. The predicted molar refractivity (Wildman–Crippen MR) is 82.1 cm³/mol. The summed E-state index contributed by atoms with van der Waals surface area (Å²) < 4.78 is 0. The van der Waals surface area contributed by atoms with Gasteiger partial charge in [0.2, 0.25) is 5.91 Å². The summed E-state index contributed by atoms with van der Waals surface area (Å²) in [6.07, 6.45) is 3.38. The second kappa shape index (κ2) is 5.95. The van der Waals surface area contributed by atoms with Crippen molar-refractivity contribution in [2.75, 3.05) is 5.32 Å². The van der Waals surface area contributed by atoms with Gasteiger partial charge in [0.1, 0.15) is 5.00 Å². The van der Waals surface area contributed by atoms with Gasteiger partial charge in [0, 0.05) is 11.3 Å². The number of nitrogens with two attached hydrogens (primary N) is 1. The Morgan fingerprint density at radius 3 is 2.75 bits per heavy atom. The summed E-state index contributed by atoms with van der Waals surface area (Å²) >= 11 is 1.52. The van der Waals surface area contributed by atoms with Crippen molar-refractivity contribution in [2.45, 2.75) is 46.5 Å². The van der Waals surface area contributed by atoms with Gasteiger partial charge in [0.25, 0.3) is 5.91 Å². The third-order valence-corrected chi connectivity index (χ3v) is 4.77. The fourth-order valence-electron chi connectivity index (χ4n) is 2.65. The number of primary amides is 1. The van der Waals surface area contributed by atoms with Crippen molar-refractivity contribution in [3.8, 4) is 0 Å². The van der Waals surface area contributed by atoms with Crippen LogP contribution in [0.2, 0.25) is 0 Å². The summed E-state index contributed by atoms with van der Waals surface area (Å²) in [6.45, 7) is 6.20. The Kier molecular flexibility index (Phi) is 4.48. The lowest BCUT2D eigenvalue weighted by atomic mass is 9.88. The number of thiophene rings is 1. The van der Waals surface area contributed by atoms with Gasteiger partial charge >= 0.3 is 0 Å². The van der Waals surface area contributed by atoms with Crippen molar-refractivity contribution in [3.05, 3.63) is 16.0 Å². The van der Waals surface area contributed by atoms with Crippen LogP contribution in [0.3, 0.4) is 0 Å². The Labute approximate surface area is 123 Å². The van der Waals surface area contributed by atoms with E-state index < -0.39 is 5.91 Å². The average molecular weight is 294 g/mol. The fraction of sp³-hybridized carbons (Fsp3) is 0.600. The molecule has 1 heterocycles. The van der Waals surface area contributed by atoms with E-state index in [9.17, 15) is 9.59 Å². The second-order valence-corrected chi connectivity index (χ2v) is 7.17. The number of carbonyl (C=O) groups is 2. The highest BCUT2D eigenvalue weighted by atomic mass is 32.1. The highest BCUT2D eigenvalue weighted by Crippen LogP contribution is 2.39. The van der Waals surface area contributed by atoms with Gasteiger partial charge in [-0.15, -0.1) is 11.3 Å². The Balaban J connectivity index is 2.28. The molecule has 3 N–H and O–H groups in total. The Morgan fingerprint density at radius 1 is 1.45 bits per heavy atom. The molecule has 0 aliphatic heterocycles. The van der Waals surface area contributed by atoms with Crippen LogP contribution in [-0.4, -0.2) is 11.8 Å². The maximum Gasteiger partial charge on any atom is 0.251 e. The molecule has 0 saturated heterocycles. The zero-order valence-corrected chi connectivity index (χ0v) is 13.1. The lowest BCUT2D eigenvalue weighted by Crippen LogP contribution is -2.19. The topological polar surface area (TPSA) is 72.2 Å². The standard InChI is InChI=1S/C15H22N2O2S/c1-8(2)6-12(18)17-15-13(14(16)19)10-5-4-9(3)7-11(10)20-15/h8-9H,4-7H2,1-3H3,(H2,16,19)(H,17,18). The number of hydrogen-bond acceptors (Lipinski definition) is 3. The van der Waals surface area contributed by atoms with E-state index in [1.165, 1.54) is 16.2 Å². The van der Waals surface area contributed by atoms with Crippen LogP contribution >= 0.6 is 11.3 Å². The quantitative estimate of drug-likeness (QED) is 0.896. The number of carbonyl (C=O) groups excluding carboxylic acids is 2. The van der Waals surface area contributed by atoms with Crippen LogP contribution in [0.25, 0.3) is 0 Å². The maximum atomic E-state index is 11.9. The van der Waals surface area contributed by atoms with Crippen molar-refractivity contribution in [3.63, 3.8) is 0 Å². The summed E-state index contributed by atoms with van der Waals surface area (Å²) in [6, 6.07) is 0. The minimum Gasteiger partial charge on any atom is -0.365 e. The third kappa shape index (κ3) is 3.20. The van der Waals surface area contributed by atoms with Gasteiger partial charge in [-0.05, 0) is 36.7 Å². The summed E-state index contributed by atoms with van der Waals surface area (Å²) in [4.78, 5) is 24.8. The minimum absolute atomic E-state index is 0.0471. The van der Waals surface area contributed by atoms with Crippen molar-refractivity contribution in [2.24, 2.45) is 17.6 Å². The maximum absolute atomic E-state index is 11.9. The van der Waals surface area contributed by atoms with E-state index >= 15 is 0 Å². The molecule has 1 aromatic heterocycles. The van der Waals surface area contributed by atoms with Gasteiger partial charge in [0.05, 0.1) is 5.56 Å². The van der Waals surface area contributed by atoms with E-state index in [1.807, 2.05) is 13.8 Å². The molecule has 0 saturated carbocycles. The van der Waals surface area contributed by atoms with E-state index in [4.69, 9.17) is 5.73 Å². The molecule has 5 heteroatoms. The molecule has 2 amide bonds. The molecule has 1 atom stereocenters. The molecule has 110 valence electrons. The highest BCUT2D eigenvalue weighted by Gasteiger charge is 2.27. The molecule has 0 bridgehead atoms. The van der Waals surface area contributed by atoms with Crippen molar-refractivity contribution < 1.29 is 9.59 Å². The summed E-state index contributed by atoms with van der Waals surface area (Å²) in [5.41, 5.74) is 7.10. The summed E-state index contributed by atoms with van der Waals surface area (Å²) in [5, 5.41) is 3.51. The van der Waals surface area contributed by atoms with Gasteiger partial charge in [-0.2, -0.15) is 0 Å². The summed E-state index contributed by atoms with van der Waals surface area (Å²) in [7, 11) is 0. The van der Waals surface area contributed by atoms with Gasteiger partial charge in [-0.1, -0.05) is 20.8 Å². The number of anilines is 1. The van der Waals surface area contributed by atoms with Crippen LogP contribution in [0.15, 0.2) is 0 Å². The van der Waals surface area contributed by atoms with E-state index in [0.717, 1.165) is 24.8 Å². The Bertz CT molecular complexity index is 534. The molecule has 4 nitrogen and oxygen atoms in total. The molecule has 1 aromatic rings. The van der Waals surface area contributed by atoms with Crippen LogP contribution in [0.5, 0.6) is 0 Å². The smallest absolute Gasteiger partial charge is 0.251 e. The van der Waals surface area contributed by atoms with Crippen LogP contribution < -0.4 is 11.1 Å². The number of hydrogen-bond donors (Lipinski definition) is 2. The van der Waals surface area contributed by atoms with Gasteiger partial charge in [-0.3, -0.25) is 9.59 Å². The SMILES string of the molecule is CC(C)CC(=O)Nc1sc2c(c1C(N)=O)CCC(C)C2. The lowest BCUT2D eigenvalue weighted by molar-refractivity contribution is -0.116.